The van der Waals surface area contributed by atoms with Gasteiger partial charge in [0.2, 0.25) is 0 Å². The van der Waals surface area contributed by atoms with Crippen LogP contribution in [0.15, 0.2) is 12.3 Å². The number of amides is 1. The van der Waals surface area contributed by atoms with Crippen LogP contribution in [0.4, 0.5) is 10.5 Å². The van der Waals surface area contributed by atoms with Crippen LogP contribution in [0.3, 0.4) is 0 Å². The summed E-state index contributed by atoms with van der Waals surface area (Å²) in [6.45, 7) is 8.03. The zero-order valence-corrected chi connectivity index (χ0v) is 13.5. The van der Waals surface area contributed by atoms with Gasteiger partial charge in [-0.15, -0.1) is 0 Å². The molecule has 2 rings (SSSR count). The molecule has 1 aromatic rings. The smallest absolute Gasteiger partial charge is 0.410 e. The molecule has 2 N–H and O–H groups in total. The van der Waals surface area contributed by atoms with E-state index in [4.69, 9.17) is 10.5 Å². The lowest BCUT2D eigenvalue weighted by Crippen LogP contribution is -2.61. The minimum atomic E-state index is -0.769. The molecule has 6 heteroatoms. The van der Waals surface area contributed by atoms with Gasteiger partial charge in [0.1, 0.15) is 11.0 Å². The Balaban J connectivity index is 2.15. The highest BCUT2D eigenvalue weighted by Crippen LogP contribution is 2.35. The number of carbonyl (C=O) groups excluding carboxylic acids is 1. The molecule has 22 heavy (non-hydrogen) atoms. The van der Waals surface area contributed by atoms with E-state index in [-0.39, 0.29) is 0 Å². The molecule has 0 atom stereocenters. The quantitative estimate of drug-likeness (QED) is 0.904. The van der Waals surface area contributed by atoms with Crippen molar-refractivity contribution in [2.45, 2.75) is 45.1 Å². The molecule has 1 saturated heterocycles. The van der Waals surface area contributed by atoms with Crippen LogP contribution in [0, 0.1) is 11.3 Å². The van der Waals surface area contributed by atoms with Crippen LogP contribution in [-0.4, -0.2) is 34.7 Å². The average molecular weight is 302 g/mol. The van der Waals surface area contributed by atoms with Gasteiger partial charge in [-0.25, -0.2) is 4.79 Å². The Morgan fingerprint density at radius 1 is 1.55 bits per heavy atom. The lowest BCUT2D eigenvalue weighted by molar-refractivity contribution is -0.000999. The van der Waals surface area contributed by atoms with Gasteiger partial charge >= 0.3 is 6.09 Å². The number of rotatable bonds is 2. The van der Waals surface area contributed by atoms with Crippen molar-refractivity contribution in [3.8, 4) is 6.07 Å². The number of hydrogen-bond donors (Lipinski definition) is 1. The second-order valence-corrected chi connectivity index (χ2v) is 6.65. The number of nitrogens with two attached hydrogens (primary N) is 1. The van der Waals surface area contributed by atoms with Crippen molar-refractivity contribution in [3.05, 3.63) is 23.5 Å². The van der Waals surface area contributed by atoms with E-state index in [0.717, 1.165) is 12.0 Å². The highest BCUT2D eigenvalue weighted by molar-refractivity contribution is 5.70. The van der Waals surface area contributed by atoms with Gasteiger partial charge < -0.3 is 15.4 Å². The minimum absolute atomic E-state index is 0.290. The molecule has 0 aliphatic carbocycles. The van der Waals surface area contributed by atoms with Gasteiger partial charge in [0.25, 0.3) is 0 Å². The Hall–Kier alpha value is -2.29. The highest BCUT2D eigenvalue weighted by Gasteiger charge is 2.49. The maximum atomic E-state index is 12.0. The molecule has 6 nitrogen and oxygen atoms in total. The van der Waals surface area contributed by atoms with E-state index in [1.807, 2.05) is 33.8 Å². The summed E-state index contributed by atoms with van der Waals surface area (Å²) in [5.41, 5.74) is 6.81. The largest absolute Gasteiger partial charge is 0.444 e. The van der Waals surface area contributed by atoms with Crippen LogP contribution in [0.5, 0.6) is 0 Å². The van der Waals surface area contributed by atoms with Crippen molar-refractivity contribution in [2.24, 2.45) is 0 Å². The summed E-state index contributed by atoms with van der Waals surface area (Å²) >= 11 is 0. The predicted molar refractivity (Wildman–Crippen MR) is 83.1 cm³/mol. The third kappa shape index (κ3) is 2.98. The van der Waals surface area contributed by atoms with Gasteiger partial charge in [-0.1, -0.05) is 6.92 Å². The molecule has 0 unspecified atom stereocenters. The van der Waals surface area contributed by atoms with Gasteiger partial charge in [-0.05, 0) is 38.8 Å². The number of aryl methyl sites for hydroxylation is 1. The zero-order valence-electron chi connectivity index (χ0n) is 13.5. The van der Waals surface area contributed by atoms with Gasteiger partial charge in [-0.3, -0.25) is 4.98 Å². The topological polar surface area (TPSA) is 92.2 Å². The minimum Gasteiger partial charge on any atom is -0.444 e. The normalized spacial score (nSPS) is 16.6. The number of pyridine rings is 1. The van der Waals surface area contributed by atoms with Crippen molar-refractivity contribution in [1.29, 1.82) is 5.26 Å². The van der Waals surface area contributed by atoms with E-state index in [9.17, 15) is 10.1 Å². The molecule has 0 aromatic carbocycles. The second kappa shape index (κ2) is 5.48. The predicted octanol–water partition coefficient (Wildman–Crippen LogP) is 2.24. The zero-order chi connectivity index (χ0) is 16.5. The molecule has 1 aromatic heterocycles. The molecule has 1 amide bonds. The second-order valence-electron chi connectivity index (χ2n) is 6.65. The molecule has 0 radical (unpaired) electrons. The van der Waals surface area contributed by atoms with Crippen molar-refractivity contribution in [2.75, 3.05) is 18.8 Å². The maximum Gasteiger partial charge on any atom is 0.410 e. The van der Waals surface area contributed by atoms with Gasteiger partial charge in [0, 0.05) is 0 Å². The summed E-state index contributed by atoms with van der Waals surface area (Å²) in [5, 5.41) is 9.55. The van der Waals surface area contributed by atoms with E-state index in [0.29, 0.717) is 24.5 Å². The molecule has 1 aliphatic rings. The lowest BCUT2D eigenvalue weighted by Gasteiger charge is -2.45. The Bertz CT molecular complexity index is 622. The van der Waals surface area contributed by atoms with Crippen LogP contribution in [-0.2, 0) is 16.6 Å². The monoisotopic (exact) mass is 302 g/mol. The van der Waals surface area contributed by atoms with Crippen molar-refractivity contribution < 1.29 is 9.53 Å². The molecule has 118 valence electrons. The summed E-state index contributed by atoms with van der Waals surface area (Å²) in [5.74, 6) is 0. The fourth-order valence-electron chi connectivity index (χ4n) is 2.43. The van der Waals surface area contributed by atoms with Crippen LogP contribution >= 0.6 is 0 Å². The summed E-state index contributed by atoms with van der Waals surface area (Å²) < 4.78 is 5.32. The first-order valence-electron chi connectivity index (χ1n) is 7.35. The number of nitriles is 1. The van der Waals surface area contributed by atoms with Crippen LogP contribution in [0.25, 0.3) is 0 Å². The number of likely N-dealkylation sites (tertiary alicyclic amines) is 1. The fraction of sp³-hybridized carbons (Fsp3) is 0.562. The first-order valence-corrected chi connectivity index (χ1v) is 7.35. The number of nitrogens with zero attached hydrogens (tertiary/aromatic N) is 3. The molecule has 0 saturated carbocycles. The number of carbonyl (C=O) groups is 1. The number of ether oxygens (including phenoxy) is 1. The van der Waals surface area contributed by atoms with Gasteiger partial charge in [0.15, 0.2) is 0 Å². The van der Waals surface area contributed by atoms with Gasteiger partial charge in [0.05, 0.1) is 36.7 Å². The number of hydrogen-bond acceptors (Lipinski definition) is 5. The molecular formula is C16H22N4O2. The molecule has 2 heterocycles. The van der Waals surface area contributed by atoms with E-state index < -0.39 is 17.1 Å². The summed E-state index contributed by atoms with van der Waals surface area (Å²) in [6, 6.07) is 4.16. The first kappa shape index (κ1) is 16.1. The molecule has 0 bridgehead atoms. The van der Waals surface area contributed by atoms with E-state index >= 15 is 0 Å². The summed E-state index contributed by atoms with van der Waals surface area (Å²) in [7, 11) is 0. The van der Waals surface area contributed by atoms with Crippen LogP contribution in [0.2, 0.25) is 0 Å². The van der Waals surface area contributed by atoms with Crippen LogP contribution < -0.4 is 5.73 Å². The first-order chi connectivity index (χ1) is 10.2. The highest BCUT2D eigenvalue weighted by atomic mass is 16.6. The van der Waals surface area contributed by atoms with E-state index in [2.05, 4.69) is 11.1 Å². The maximum absolute atomic E-state index is 12.0. The fourth-order valence-corrected chi connectivity index (χ4v) is 2.43. The Labute approximate surface area is 130 Å². The molecule has 1 fully saturated rings. The van der Waals surface area contributed by atoms with Crippen molar-refractivity contribution >= 4 is 11.8 Å². The Morgan fingerprint density at radius 2 is 2.18 bits per heavy atom. The number of anilines is 1. The Morgan fingerprint density at radius 3 is 2.68 bits per heavy atom. The van der Waals surface area contributed by atoms with Crippen LogP contribution in [0.1, 0.15) is 39.0 Å². The number of aromatic nitrogens is 1. The van der Waals surface area contributed by atoms with Crippen molar-refractivity contribution in [1.82, 2.24) is 9.88 Å². The van der Waals surface area contributed by atoms with E-state index in [1.54, 1.807) is 6.20 Å². The Kier molecular flexibility index (Phi) is 4.01. The van der Waals surface area contributed by atoms with Crippen molar-refractivity contribution in [3.63, 3.8) is 0 Å². The number of nitrogen functional groups attached to an aromatic ring is 1. The molecule has 1 aliphatic heterocycles. The molecule has 0 spiro atoms. The SMILES string of the molecule is CCc1cc(C2(C#N)CN(C(=O)OC(C)(C)C)C2)ncc1N. The lowest BCUT2D eigenvalue weighted by atomic mass is 9.77. The molecular weight excluding hydrogens is 280 g/mol. The van der Waals surface area contributed by atoms with E-state index in [1.165, 1.54) is 4.90 Å². The summed E-state index contributed by atoms with van der Waals surface area (Å²) in [6.07, 6.45) is 1.96. The third-order valence-electron chi connectivity index (χ3n) is 3.68. The summed E-state index contributed by atoms with van der Waals surface area (Å²) in [4.78, 5) is 17.8. The third-order valence-corrected chi connectivity index (χ3v) is 3.68. The van der Waals surface area contributed by atoms with Gasteiger partial charge in [-0.2, -0.15) is 5.26 Å². The standard InChI is InChI=1S/C16H22N4O2/c1-5-11-6-13(19-7-12(11)18)16(8-17)9-20(10-16)14(21)22-15(2,3)4/h6-7H,5,9-10,18H2,1-4H3. The average Bonchev–Trinajstić information content (AvgIpc) is 2.37.